The second-order valence-corrected chi connectivity index (χ2v) is 6.78. The van der Waals surface area contributed by atoms with Crippen LogP contribution in [-0.4, -0.2) is 53.9 Å². The van der Waals surface area contributed by atoms with Crippen LogP contribution in [0.3, 0.4) is 0 Å². The Kier molecular flexibility index (Phi) is 4.05. The van der Waals surface area contributed by atoms with Gasteiger partial charge >= 0.3 is 6.18 Å². The van der Waals surface area contributed by atoms with E-state index in [2.05, 4.69) is 9.88 Å². The number of hydrogen-bond acceptors (Lipinski definition) is 4. The van der Waals surface area contributed by atoms with E-state index in [9.17, 15) is 18.0 Å². The summed E-state index contributed by atoms with van der Waals surface area (Å²) in [5.74, 6) is -0.131. The summed E-state index contributed by atoms with van der Waals surface area (Å²) in [5.41, 5.74) is -0.432. The van der Waals surface area contributed by atoms with Crippen LogP contribution in [0.2, 0.25) is 0 Å². The molecule has 2 aromatic heterocycles. The Morgan fingerprint density at radius 1 is 1.22 bits per heavy atom. The van der Waals surface area contributed by atoms with Crippen LogP contribution in [0.4, 0.5) is 13.2 Å². The Bertz CT molecular complexity index is 748. The van der Waals surface area contributed by atoms with Gasteiger partial charge in [-0.05, 0) is 31.7 Å². The SMILES string of the molecule is Cc1cc(C(F)(F)F)nc2sc(C(=O)N3CCN(C)CC3)cc12. The minimum absolute atomic E-state index is 0.131. The summed E-state index contributed by atoms with van der Waals surface area (Å²) in [7, 11) is 1.99. The van der Waals surface area contributed by atoms with Crippen molar-refractivity contribution in [3.8, 4) is 0 Å². The van der Waals surface area contributed by atoms with Gasteiger partial charge in [0.25, 0.3) is 5.91 Å². The summed E-state index contributed by atoms with van der Waals surface area (Å²) in [4.78, 5) is 20.8. The number of fused-ring (bicyclic) bond motifs is 1. The van der Waals surface area contributed by atoms with E-state index in [1.165, 1.54) is 0 Å². The molecule has 1 aliphatic rings. The van der Waals surface area contributed by atoms with Crippen LogP contribution in [0.5, 0.6) is 0 Å². The lowest BCUT2D eigenvalue weighted by Gasteiger charge is -2.32. The van der Waals surface area contributed by atoms with Crippen molar-refractivity contribution in [3.05, 3.63) is 28.3 Å². The third-order valence-corrected chi connectivity index (χ3v) is 5.02. The Labute approximate surface area is 135 Å². The summed E-state index contributed by atoms with van der Waals surface area (Å²) in [6, 6.07) is 2.68. The minimum atomic E-state index is -4.48. The molecule has 1 fully saturated rings. The van der Waals surface area contributed by atoms with Gasteiger partial charge in [-0.15, -0.1) is 11.3 Å². The highest BCUT2D eigenvalue weighted by molar-refractivity contribution is 7.20. The molecular weight excluding hydrogens is 327 g/mol. The highest BCUT2D eigenvalue weighted by Gasteiger charge is 2.33. The van der Waals surface area contributed by atoms with Crippen molar-refractivity contribution in [1.29, 1.82) is 0 Å². The summed E-state index contributed by atoms with van der Waals surface area (Å²) in [6.07, 6.45) is -4.48. The quantitative estimate of drug-likeness (QED) is 0.799. The van der Waals surface area contributed by atoms with E-state index in [0.717, 1.165) is 30.5 Å². The van der Waals surface area contributed by atoms with Crippen LogP contribution in [-0.2, 0) is 6.18 Å². The lowest BCUT2D eigenvalue weighted by Crippen LogP contribution is -2.46. The third-order valence-electron chi connectivity index (χ3n) is 4.00. The maximum Gasteiger partial charge on any atom is 0.433 e. The maximum absolute atomic E-state index is 12.9. The number of alkyl halides is 3. The number of hydrogen-bond donors (Lipinski definition) is 0. The molecule has 1 aliphatic heterocycles. The Morgan fingerprint density at radius 2 is 1.87 bits per heavy atom. The number of aromatic nitrogens is 1. The van der Waals surface area contributed by atoms with Crippen LogP contribution >= 0.6 is 11.3 Å². The number of rotatable bonds is 1. The van der Waals surface area contributed by atoms with Crippen LogP contribution in [0.15, 0.2) is 12.1 Å². The first-order chi connectivity index (χ1) is 10.8. The summed E-state index contributed by atoms with van der Waals surface area (Å²) in [6.45, 7) is 4.46. The zero-order valence-corrected chi connectivity index (χ0v) is 13.6. The fraction of sp³-hybridized carbons (Fsp3) is 0.467. The molecular formula is C15H16F3N3OS. The standard InChI is InChI=1S/C15H16F3N3OS/c1-9-7-12(15(16,17)18)19-13-10(9)8-11(23-13)14(22)21-5-3-20(2)4-6-21/h7-8H,3-6H2,1-2H3. The van der Waals surface area contributed by atoms with E-state index < -0.39 is 11.9 Å². The molecule has 0 atom stereocenters. The average Bonchev–Trinajstić information content (AvgIpc) is 2.91. The molecule has 0 aliphatic carbocycles. The lowest BCUT2D eigenvalue weighted by atomic mass is 10.1. The molecule has 1 amide bonds. The predicted octanol–water partition coefficient (Wildman–Crippen LogP) is 3.01. The van der Waals surface area contributed by atoms with Gasteiger partial charge < -0.3 is 9.80 Å². The molecule has 8 heteroatoms. The van der Waals surface area contributed by atoms with Gasteiger partial charge in [0.1, 0.15) is 10.5 Å². The molecule has 0 spiro atoms. The second kappa shape index (κ2) is 5.76. The van der Waals surface area contributed by atoms with Gasteiger partial charge in [0, 0.05) is 31.6 Å². The molecule has 0 N–H and O–H groups in total. The van der Waals surface area contributed by atoms with Crippen LogP contribution in [0.1, 0.15) is 20.9 Å². The van der Waals surface area contributed by atoms with E-state index in [-0.39, 0.29) is 10.7 Å². The highest BCUT2D eigenvalue weighted by atomic mass is 32.1. The first-order valence-corrected chi connectivity index (χ1v) is 8.03. The van der Waals surface area contributed by atoms with E-state index >= 15 is 0 Å². The van der Waals surface area contributed by atoms with Gasteiger partial charge in [-0.3, -0.25) is 4.79 Å². The Balaban J connectivity index is 1.94. The topological polar surface area (TPSA) is 36.4 Å². The number of carbonyl (C=O) groups excluding carboxylic acids is 1. The van der Waals surface area contributed by atoms with Gasteiger partial charge in [-0.25, -0.2) is 4.98 Å². The average molecular weight is 343 g/mol. The van der Waals surface area contributed by atoms with Crippen LogP contribution in [0, 0.1) is 6.92 Å². The molecule has 0 saturated carbocycles. The summed E-state index contributed by atoms with van der Waals surface area (Å²) >= 11 is 1.03. The zero-order chi connectivity index (χ0) is 16.8. The molecule has 3 rings (SSSR count). The second-order valence-electron chi connectivity index (χ2n) is 5.75. The normalized spacial score (nSPS) is 17.0. The summed E-state index contributed by atoms with van der Waals surface area (Å²) < 4.78 is 38.6. The third kappa shape index (κ3) is 3.18. The van der Waals surface area contributed by atoms with Crippen molar-refractivity contribution in [3.63, 3.8) is 0 Å². The molecule has 1 saturated heterocycles. The zero-order valence-electron chi connectivity index (χ0n) is 12.8. The minimum Gasteiger partial charge on any atom is -0.335 e. The molecule has 2 aromatic rings. The molecule has 0 radical (unpaired) electrons. The van der Waals surface area contributed by atoms with E-state index in [4.69, 9.17) is 0 Å². The van der Waals surface area contributed by atoms with Crippen molar-refractivity contribution in [1.82, 2.24) is 14.8 Å². The number of piperazine rings is 1. The Hall–Kier alpha value is -1.67. The van der Waals surface area contributed by atoms with E-state index in [1.54, 1.807) is 17.9 Å². The van der Waals surface area contributed by atoms with Crippen molar-refractivity contribution in [2.75, 3.05) is 33.2 Å². The van der Waals surface area contributed by atoms with Crippen molar-refractivity contribution in [2.45, 2.75) is 13.1 Å². The van der Waals surface area contributed by atoms with E-state index in [1.807, 2.05) is 7.05 Å². The van der Waals surface area contributed by atoms with Crippen LogP contribution in [0.25, 0.3) is 10.2 Å². The number of thiophene rings is 1. The Morgan fingerprint density at radius 3 is 2.48 bits per heavy atom. The largest absolute Gasteiger partial charge is 0.433 e. The first-order valence-electron chi connectivity index (χ1n) is 7.22. The number of aryl methyl sites for hydroxylation is 1. The lowest BCUT2D eigenvalue weighted by molar-refractivity contribution is -0.141. The van der Waals surface area contributed by atoms with Crippen molar-refractivity contribution < 1.29 is 18.0 Å². The number of pyridine rings is 1. The highest BCUT2D eigenvalue weighted by Crippen LogP contribution is 2.34. The molecule has 124 valence electrons. The number of halogens is 3. The van der Waals surface area contributed by atoms with Gasteiger partial charge in [-0.2, -0.15) is 13.2 Å². The molecule has 3 heterocycles. The maximum atomic E-state index is 12.9. The first kappa shape index (κ1) is 16.2. The predicted molar refractivity (Wildman–Crippen MR) is 82.8 cm³/mol. The van der Waals surface area contributed by atoms with Crippen molar-refractivity contribution >= 4 is 27.5 Å². The summed E-state index contributed by atoms with van der Waals surface area (Å²) in [5, 5.41) is 0.612. The smallest absolute Gasteiger partial charge is 0.335 e. The molecule has 0 aromatic carbocycles. The molecule has 23 heavy (non-hydrogen) atoms. The van der Waals surface area contributed by atoms with Gasteiger partial charge in [0.05, 0.1) is 4.88 Å². The molecule has 0 bridgehead atoms. The van der Waals surface area contributed by atoms with Gasteiger partial charge in [0.15, 0.2) is 0 Å². The fourth-order valence-electron chi connectivity index (χ4n) is 2.59. The van der Waals surface area contributed by atoms with Crippen molar-refractivity contribution in [2.24, 2.45) is 0 Å². The van der Waals surface area contributed by atoms with Crippen LogP contribution < -0.4 is 0 Å². The van der Waals surface area contributed by atoms with E-state index in [0.29, 0.717) is 28.9 Å². The van der Waals surface area contributed by atoms with Gasteiger partial charge in [-0.1, -0.05) is 0 Å². The number of likely N-dealkylation sites (N-methyl/N-ethyl adjacent to an activating group) is 1. The molecule has 0 unspecified atom stereocenters. The fourth-order valence-corrected chi connectivity index (χ4v) is 3.66. The van der Waals surface area contributed by atoms with Gasteiger partial charge in [0.2, 0.25) is 0 Å². The number of nitrogens with zero attached hydrogens (tertiary/aromatic N) is 3. The molecule has 4 nitrogen and oxygen atoms in total. The monoisotopic (exact) mass is 343 g/mol. The number of amides is 1. The number of carbonyl (C=O) groups is 1.